The first-order valence-corrected chi connectivity index (χ1v) is 5.56. The van der Waals surface area contributed by atoms with Crippen molar-refractivity contribution in [2.24, 2.45) is 5.41 Å². The number of hydrogen-bond acceptors (Lipinski definition) is 2. The van der Waals surface area contributed by atoms with Gasteiger partial charge in [-0.15, -0.1) is 0 Å². The highest BCUT2D eigenvalue weighted by molar-refractivity contribution is 5.74. The Morgan fingerprint density at radius 2 is 2.20 bits per heavy atom. The molecule has 1 rings (SSSR count). The van der Waals surface area contributed by atoms with Crippen molar-refractivity contribution in [1.82, 2.24) is 10.2 Å². The van der Waals surface area contributed by atoms with Crippen LogP contribution in [0, 0.1) is 5.41 Å². The highest BCUT2D eigenvalue weighted by Crippen LogP contribution is 2.12. The maximum atomic E-state index is 11.8. The Labute approximate surface area is 92.0 Å². The molecule has 2 amide bonds. The molecule has 1 heterocycles. The summed E-state index contributed by atoms with van der Waals surface area (Å²) >= 11 is 0. The Morgan fingerprint density at radius 3 is 2.73 bits per heavy atom. The molecule has 1 N–H and O–H groups in total. The standard InChI is InChI=1S/C11H22N2O2/c1-9-13(6-5-7-15-9)10(14)12-8-11(2,3)4/h9H,5-8H2,1-4H3,(H,12,14). The van der Waals surface area contributed by atoms with E-state index in [0.29, 0.717) is 6.54 Å². The zero-order chi connectivity index (χ0) is 11.5. The number of hydrogen-bond donors (Lipinski definition) is 1. The number of nitrogens with zero attached hydrogens (tertiary/aromatic N) is 1. The molecule has 0 aromatic rings. The van der Waals surface area contributed by atoms with Crippen LogP contribution in [0.1, 0.15) is 34.1 Å². The van der Waals surface area contributed by atoms with Crippen LogP contribution < -0.4 is 5.32 Å². The van der Waals surface area contributed by atoms with E-state index < -0.39 is 0 Å². The Kier molecular flexibility index (Phi) is 3.97. The van der Waals surface area contributed by atoms with Crippen molar-refractivity contribution in [1.29, 1.82) is 0 Å². The molecule has 1 saturated heterocycles. The van der Waals surface area contributed by atoms with Gasteiger partial charge in [0.05, 0.1) is 6.61 Å². The summed E-state index contributed by atoms with van der Waals surface area (Å²) in [7, 11) is 0. The van der Waals surface area contributed by atoms with Gasteiger partial charge in [-0.1, -0.05) is 20.8 Å². The fourth-order valence-electron chi connectivity index (χ4n) is 1.47. The fourth-order valence-corrected chi connectivity index (χ4v) is 1.47. The molecule has 0 saturated carbocycles. The summed E-state index contributed by atoms with van der Waals surface area (Å²) in [5.41, 5.74) is 0.121. The van der Waals surface area contributed by atoms with Crippen LogP contribution >= 0.6 is 0 Å². The van der Waals surface area contributed by atoms with E-state index in [0.717, 1.165) is 19.6 Å². The van der Waals surface area contributed by atoms with Crippen LogP contribution in [0.2, 0.25) is 0 Å². The van der Waals surface area contributed by atoms with Crippen molar-refractivity contribution in [3.8, 4) is 0 Å². The van der Waals surface area contributed by atoms with E-state index >= 15 is 0 Å². The summed E-state index contributed by atoms with van der Waals surface area (Å²) in [6.07, 6.45) is 0.825. The minimum absolute atomic E-state index is 0.0166. The van der Waals surface area contributed by atoms with E-state index in [-0.39, 0.29) is 17.7 Å². The summed E-state index contributed by atoms with van der Waals surface area (Å²) in [6.45, 7) is 10.4. The van der Waals surface area contributed by atoms with E-state index in [2.05, 4.69) is 26.1 Å². The van der Waals surface area contributed by atoms with Crippen LogP contribution in [0.15, 0.2) is 0 Å². The van der Waals surface area contributed by atoms with Crippen molar-refractivity contribution >= 4 is 6.03 Å². The third kappa shape index (κ3) is 4.08. The Bertz CT molecular complexity index is 223. The number of rotatable bonds is 1. The monoisotopic (exact) mass is 214 g/mol. The summed E-state index contributed by atoms with van der Waals surface area (Å²) in [6, 6.07) is -0.0166. The van der Waals surface area contributed by atoms with Crippen molar-refractivity contribution in [2.45, 2.75) is 40.3 Å². The molecule has 1 fully saturated rings. The lowest BCUT2D eigenvalue weighted by Gasteiger charge is -2.34. The van der Waals surface area contributed by atoms with Gasteiger partial charge in [0.25, 0.3) is 0 Å². The van der Waals surface area contributed by atoms with Crippen molar-refractivity contribution < 1.29 is 9.53 Å². The van der Waals surface area contributed by atoms with E-state index in [1.807, 2.05) is 6.92 Å². The van der Waals surface area contributed by atoms with Gasteiger partial charge in [0, 0.05) is 13.1 Å². The van der Waals surface area contributed by atoms with Crippen LogP contribution in [0.3, 0.4) is 0 Å². The first kappa shape index (κ1) is 12.3. The molecule has 0 radical (unpaired) electrons. The maximum Gasteiger partial charge on any atom is 0.319 e. The Hall–Kier alpha value is -0.770. The number of carbonyl (C=O) groups is 1. The molecule has 0 aromatic carbocycles. The largest absolute Gasteiger partial charge is 0.358 e. The lowest BCUT2D eigenvalue weighted by atomic mass is 9.97. The van der Waals surface area contributed by atoms with Gasteiger partial charge in [-0.25, -0.2) is 4.79 Å². The van der Waals surface area contributed by atoms with Gasteiger partial charge in [-0.05, 0) is 18.8 Å². The molecular weight excluding hydrogens is 192 g/mol. The van der Waals surface area contributed by atoms with Gasteiger partial charge >= 0.3 is 6.03 Å². The van der Waals surface area contributed by atoms with Crippen LogP contribution in [-0.4, -0.2) is 36.9 Å². The third-order valence-electron chi connectivity index (χ3n) is 2.37. The number of carbonyl (C=O) groups excluding carboxylic acids is 1. The number of urea groups is 1. The molecule has 4 heteroatoms. The quantitative estimate of drug-likeness (QED) is 0.723. The third-order valence-corrected chi connectivity index (χ3v) is 2.37. The molecule has 88 valence electrons. The highest BCUT2D eigenvalue weighted by atomic mass is 16.5. The van der Waals surface area contributed by atoms with Gasteiger partial charge in [0.15, 0.2) is 0 Å². The van der Waals surface area contributed by atoms with Crippen LogP contribution in [-0.2, 0) is 4.74 Å². The molecule has 0 spiro atoms. The predicted octanol–water partition coefficient (Wildman–Crippen LogP) is 1.81. The van der Waals surface area contributed by atoms with E-state index in [4.69, 9.17) is 4.74 Å². The molecule has 0 aliphatic carbocycles. The van der Waals surface area contributed by atoms with Crippen LogP contribution in [0.25, 0.3) is 0 Å². The molecule has 1 unspecified atom stereocenters. The summed E-state index contributed by atoms with van der Waals surface area (Å²) in [5, 5.41) is 2.93. The van der Waals surface area contributed by atoms with Gasteiger partial charge < -0.3 is 10.1 Å². The summed E-state index contributed by atoms with van der Waals surface area (Å²) < 4.78 is 5.41. The lowest BCUT2D eigenvalue weighted by Crippen LogP contribution is -2.50. The molecule has 1 aliphatic rings. The fraction of sp³-hybridized carbons (Fsp3) is 0.909. The highest BCUT2D eigenvalue weighted by Gasteiger charge is 2.24. The average molecular weight is 214 g/mol. The minimum Gasteiger partial charge on any atom is -0.358 e. The minimum atomic E-state index is -0.0984. The summed E-state index contributed by atoms with van der Waals surface area (Å²) in [4.78, 5) is 13.5. The predicted molar refractivity (Wildman–Crippen MR) is 59.6 cm³/mol. The normalized spacial score (nSPS) is 22.7. The Balaban J connectivity index is 2.39. The number of amides is 2. The molecule has 4 nitrogen and oxygen atoms in total. The van der Waals surface area contributed by atoms with Crippen molar-refractivity contribution in [3.05, 3.63) is 0 Å². The SMILES string of the molecule is CC1OCCCN1C(=O)NCC(C)(C)C. The molecule has 1 aliphatic heterocycles. The van der Waals surface area contributed by atoms with E-state index in [1.165, 1.54) is 0 Å². The second-order valence-corrected chi connectivity index (χ2v) is 5.24. The van der Waals surface area contributed by atoms with E-state index in [1.54, 1.807) is 4.90 Å². The average Bonchev–Trinajstić information content (AvgIpc) is 2.14. The topological polar surface area (TPSA) is 41.6 Å². The zero-order valence-corrected chi connectivity index (χ0v) is 10.2. The second-order valence-electron chi connectivity index (χ2n) is 5.24. The maximum absolute atomic E-state index is 11.8. The molecule has 15 heavy (non-hydrogen) atoms. The van der Waals surface area contributed by atoms with Gasteiger partial charge in [-0.2, -0.15) is 0 Å². The molecule has 1 atom stereocenters. The zero-order valence-electron chi connectivity index (χ0n) is 10.2. The van der Waals surface area contributed by atoms with Gasteiger partial charge in [0.2, 0.25) is 0 Å². The van der Waals surface area contributed by atoms with Gasteiger partial charge in [0.1, 0.15) is 6.23 Å². The lowest BCUT2D eigenvalue weighted by molar-refractivity contribution is -0.0600. The second kappa shape index (κ2) is 4.84. The van der Waals surface area contributed by atoms with Crippen molar-refractivity contribution in [3.63, 3.8) is 0 Å². The molecular formula is C11H22N2O2. The van der Waals surface area contributed by atoms with Crippen molar-refractivity contribution in [2.75, 3.05) is 19.7 Å². The molecule has 0 bridgehead atoms. The van der Waals surface area contributed by atoms with Crippen LogP contribution in [0.5, 0.6) is 0 Å². The molecule has 0 aromatic heterocycles. The van der Waals surface area contributed by atoms with Gasteiger partial charge in [-0.3, -0.25) is 4.90 Å². The van der Waals surface area contributed by atoms with Crippen LogP contribution in [0.4, 0.5) is 4.79 Å². The number of ether oxygens (including phenoxy) is 1. The summed E-state index contributed by atoms with van der Waals surface area (Å²) in [5.74, 6) is 0. The smallest absolute Gasteiger partial charge is 0.319 e. The van der Waals surface area contributed by atoms with E-state index in [9.17, 15) is 4.79 Å². The first-order chi connectivity index (χ1) is 6.90. The first-order valence-electron chi connectivity index (χ1n) is 5.56. The Morgan fingerprint density at radius 1 is 1.53 bits per heavy atom. The number of nitrogens with one attached hydrogen (secondary N) is 1.